The highest BCUT2D eigenvalue weighted by atomic mass is 16.5. The fourth-order valence-corrected chi connectivity index (χ4v) is 3.56. The molecule has 124 valence electrons. The van der Waals surface area contributed by atoms with Gasteiger partial charge in [0.25, 0.3) is 5.91 Å². The number of hydrogen-bond acceptors (Lipinski definition) is 5. The normalized spacial score (nSPS) is 23.9. The Balaban J connectivity index is 1.78. The van der Waals surface area contributed by atoms with Gasteiger partial charge in [0.1, 0.15) is 0 Å². The maximum absolute atomic E-state index is 12.4. The Morgan fingerprint density at radius 2 is 1.83 bits per heavy atom. The number of methoxy groups -OCH3 is 3. The van der Waals surface area contributed by atoms with Crippen LogP contribution in [0.25, 0.3) is 0 Å². The quantitative estimate of drug-likeness (QED) is 0.847. The number of hydrogen-bond donors (Lipinski definition) is 1. The Morgan fingerprint density at radius 1 is 1.13 bits per heavy atom. The van der Waals surface area contributed by atoms with E-state index in [-0.39, 0.29) is 5.91 Å². The molecule has 1 aromatic carbocycles. The first-order valence-electron chi connectivity index (χ1n) is 7.83. The van der Waals surface area contributed by atoms with Crippen molar-refractivity contribution in [2.75, 3.05) is 21.3 Å². The molecule has 23 heavy (non-hydrogen) atoms. The smallest absolute Gasteiger partial charge is 0.271 e. The summed E-state index contributed by atoms with van der Waals surface area (Å²) in [4.78, 5) is 12.4. The molecule has 2 saturated carbocycles. The number of hydrazone groups is 1. The van der Waals surface area contributed by atoms with Gasteiger partial charge in [0.05, 0.1) is 21.3 Å². The van der Waals surface area contributed by atoms with E-state index >= 15 is 0 Å². The SMILES string of the molecule is COc1cc(C(=O)N/N=C2\C[C@@H]3CC[C@H]2C3)cc(OC)c1OC. The fraction of sp³-hybridized carbons (Fsp3) is 0.529. The molecule has 1 amide bonds. The lowest BCUT2D eigenvalue weighted by Crippen LogP contribution is -2.22. The lowest BCUT2D eigenvalue weighted by Gasteiger charge is -2.14. The topological polar surface area (TPSA) is 69.2 Å². The van der Waals surface area contributed by atoms with E-state index in [1.165, 1.54) is 40.6 Å². The number of nitrogens with zero attached hydrogens (tertiary/aromatic N) is 1. The van der Waals surface area contributed by atoms with Crippen LogP contribution in [0.5, 0.6) is 17.2 Å². The van der Waals surface area contributed by atoms with Gasteiger partial charge < -0.3 is 14.2 Å². The van der Waals surface area contributed by atoms with Crippen molar-refractivity contribution in [1.82, 2.24) is 5.43 Å². The van der Waals surface area contributed by atoms with Crippen LogP contribution in [0.2, 0.25) is 0 Å². The highest BCUT2D eigenvalue weighted by Crippen LogP contribution is 2.42. The van der Waals surface area contributed by atoms with E-state index in [0.29, 0.717) is 28.7 Å². The molecule has 2 atom stereocenters. The number of carbonyl (C=O) groups is 1. The third-order valence-electron chi connectivity index (χ3n) is 4.74. The largest absolute Gasteiger partial charge is 0.493 e. The average Bonchev–Trinajstić information content (AvgIpc) is 3.21. The summed E-state index contributed by atoms with van der Waals surface area (Å²) in [6.45, 7) is 0. The van der Waals surface area contributed by atoms with Gasteiger partial charge in [-0.25, -0.2) is 5.43 Å². The second kappa shape index (κ2) is 6.48. The molecule has 2 aliphatic rings. The number of nitrogens with one attached hydrogen (secondary N) is 1. The molecule has 3 rings (SSSR count). The molecular weight excluding hydrogens is 296 g/mol. The number of fused-ring (bicyclic) bond motifs is 2. The van der Waals surface area contributed by atoms with Crippen LogP contribution in [-0.2, 0) is 0 Å². The number of carbonyl (C=O) groups excluding carboxylic acids is 1. The molecule has 0 saturated heterocycles. The first-order chi connectivity index (χ1) is 11.2. The Bertz CT molecular complexity index is 616. The summed E-state index contributed by atoms with van der Waals surface area (Å²) in [6.07, 6.45) is 4.73. The molecule has 0 radical (unpaired) electrons. The number of ether oxygens (including phenoxy) is 3. The van der Waals surface area contributed by atoms with Crippen molar-refractivity contribution < 1.29 is 19.0 Å². The number of benzene rings is 1. The van der Waals surface area contributed by atoms with Crippen LogP contribution in [0, 0.1) is 11.8 Å². The standard InChI is InChI=1S/C17H22N2O4/c1-21-14-8-12(9-15(22-2)16(14)23-3)17(20)19-18-13-7-10-4-5-11(13)6-10/h8-11H,4-7H2,1-3H3,(H,19,20)/b18-13+/t10-,11+/m1/s1. The van der Waals surface area contributed by atoms with Crippen LogP contribution in [0.1, 0.15) is 36.0 Å². The van der Waals surface area contributed by atoms with Gasteiger partial charge in [0.15, 0.2) is 11.5 Å². The van der Waals surface area contributed by atoms with E-state index < -0.39 is 0 Å². The van der Waals surface area contributed by atoms with Gasteiger partial charge in [-0.2, -0.15) is 5.10 Å². The Kier molecular flexibility index (Phi) is 4.41. The lowest BCUT2D eigenvalue weighted by atomic mass is 9.99. The van der Waals surface area contributed by atoms with Crippen LogP contribution in [0.15, 0.2) is 17.2 Å². The molecule has 1 aromatic rings. The van der Waals surface area contributed by atoms with E-state index in [4.69, 9.17) is 14.2 Å². The van der Waals surface area contributed by atoms with Gasteiger partial charge in [-0.3, -0.25) is 4.79 Å². The number of rotatable bonds is 5. The molecule has 1 N–H and O–H groups in total. The summed E-state index contributed by atoms with van der Waals surface area (Å²) >= 11 is 0. The zero-order valence-electron chi connectivity index (χ0n) is 13.7. The predicted octanol–water partition coefficient (Wildman–Crippen LogP) is 2.62. The Hall–Kier alpha value is -2.24. The molecule has 0 aromatic heterocycles. The minimum absolute atomic E-state index is 0.278. The molecule has 0 aliphatic heterocycles. The summed E-state index contributed by atoms with van der Waals surface area (Å²) in [6, 6.07) is 3.25. The van der Waals surface area contributed by atoms with Crippen molar-refractivity contribution in [3.05, 3.63) is 17.7 Å². The molecule has 0 unspecified atom stereocenters. The molecule has 2 fully saturated rings. The minimum atomic E-state index is -0.278. The van der Waals surface area contributed by atoms with E-state index in [1.54, 1.807) is 12.1 Å². The van der Waals surface area contributed by atoms with Gasteiger partial charge in [0.2, 0.25) is 5.75 Å². The first kappa shape index (κ1) is 15.6. The fourth-order valence-electron chi connectivity index (χ4n) is 3.56. The van der Waals surface area contributed by atoms with E-state index in [1.807, 2.05) is 0 Å². The average molecular weight is 318 g/mol. The third-order valence-corrected chi connectivity index (χ3v) is 4.74. The van der Waals surface area contributed by atoms with Gasteiger partial charge in [-0.15, -0.1) is 0 Å². The van der Waals surface area contributed by atoms with Crippen LogP contribution in [0.3, 0.4) is 0 Å². The zero-order valence-corrected chi connectivity index (χ0v) is 13.7. The van der Waals surface area contributed by atoms with E-state index in [0.717, 1.165) is 18.1 Å². The number of amides is 1. The summed E-state index contributed by atoms with van der Waals surface area (Å²) in [5.74, 6) is 2.40. The van der Waals surface area contributed by atoms with E-state index in [2.05, 4.69) is 10.5 Å². The molecule has 0 heterocycles. The molecule has 6 heteroatoms. The molecule has 2 aliphatic carbocycles. The monoisotopic (exact) mass is 318 g/mol. The van der Waals surface area contributed by atoms with Crippen LogP contribution in [0.4, 0.5) is 0 Å². The van der Waals surface area contributed by atoms with Crippen molar-refractivity contribution in [1.29, 1.82) is 0 Å². The van der Waals surface area contributed by atoms with Crippen molar-refractivity contribution in [3.8, 4) is 17.2 Å². The second-order valence-corrected chi connectivity index (χ2v) is 6.04. The highest BCUT2D eigenvalue weighted by Gasteiger charge is 2.36. The summed E-state index contributed by atoms with van der Waals surface area (Å²) in [5, 5.41) is 4.34. The van der Waals surface area contributed by atoms with Crippen molar-refractivity contribution in [2.24, 2.45) is 16.9 Å². The van der Waals surface area contributed by atoms with Gasteiger partial charge in [-0.05, 0) is 49.7 Å². The first-order valence-corrected chi connectivity index (χ1v) is 7.83. The van der Waals surface area contributed by atoms with Gasteiger partial charge in [-0.1, -0.05) is 0 Å². The zero-order chi connectivity index (χ0) is 16.4. The second-order valence-electron chi connectivity index (χ2n) is 6.04. The van der Waals surface area contributed by atoms with Crippen molar-refractivity contribution in [3.63, 3.8) is 0 Å². The Morgan fingerprint density at radius 3 is 2.30 bits per heavy atom. The summed E-state index contributed by atoms with van der Waals surface area (Å²) in [7, 11) is 4.57. The maximum atomic E-state index is 12.4. The van der Waals surface area contributed by atoms with Crippen LogP contribution >= 0.6 is 0 Å². The molecule has 0 spiro atoms. The molecule has 6 nitrogen and oxygen atoms in total. The van der Waals surface area contributed by atoms with Gasteiger partial charge in [0, 0.05) is 11.3 Å². The highest BCUT2D eigenvalue weighted by molar-refractivity contribution is 5.97. The maximum Gasteiger partial charge on any atom is 0.271 e. The molecule has 2 bridgehead atoms. The van der Waals surface area contributed by atoms with Crippen LogP contribution < -0.4 is 19.6 Å². The summed E-state index contributed by atoms with van der Waals surface area (Å²) < 4.78 is 15.8. The van der Waals surface area contributed by atoms with Crippen LogP contribution in [-0.4, -0.2) is 32.9 Å². The Labute approximate surface area is 135 Å². The van der Waals surface area contributed by atoms with E-state index in [9.17, 15) is 4.79 Å². The predicted molar refractivity (Wildman–Crippen MR) is 86.4 cm³/mol. The minimum Gasteiger partial charge on any atom is -0.493 e. The summed E-state index contributed by atoms with van der Waals surface area (Å²) in [5.41, 5.74) is 4.21. The van der Waals surface area contributed by atoms with Gasteiger partial charge >= 0.3 is 0 Å². The van der Waals surface area contributed by atoms with Crippen molar-refractivity contribution >= 4 is 11.6 Å². The third kappa shape index (κ3) is 2.98. The lowest BCUT2D eigenvalue weighted by molar-refractivity contribution is 0.0953. The molecular formula is C17H22N2O4. The van der Waals surface area contributed by atoms with Crippen molar-refractivity contribution in [2.45, 2.75) is 25.7 Å².